The van der Waals surface area contributed by atoms with E-state index in [4.69, 9.17) is 9.52 Å². The molecule has 0 radical (unpaired) electrons. The molecule has 0 spiro atoms. The fourth-order valence-corrected chi connectivity index (χ4v) is 1.91. The maximum absolute atomic E-state index is 13.3. The van der Waals surface area contributed by atoms with Crippen LogP contribution in [0.5, 0.6) is 0 Å². The predicted octanol–water partition coefficient (Wildman–Crippen LogP) is 3.44. The smallest absolute Gasteiger partial charge is 0.373 e. The summed E-state index contributed by atoms with van der Waals surface area (Å²) < 4.78 is 18.6. The van der Waals surface area contributed by atoms with Gasteiger partial charge in [0.25, 0.3) is 0 Å². The minimum atomic E-state index is -1.16. The van der Waals surface area contributed by atoms with Gasteiger partial charge in [-0.05, 0) is 37.1 Å². The first-order valence-electron chi connectivity index (χ1n) is 6.01. The third-order valence-corrected chi connectivity index (χ3v) is 2.67. The van der Waals surface area contributed by atoms with Crippen molar-refractivity contribution in [1.82, 2.24) is 4.98 Å². The summed E-state index contributed by atoms with van der Waals surface area (Å²) in [4.78, 5) is 15.2. The number of carboxylic acids is 1. The molecule has 1 N–H and O–H groups in total. The minimum absolute atomic E-state index is 0.142. The van der Waals surface area contributed by atoms with Crippen LogP contribution in [0.25, 0.3) is 11.5 Å². The van der Waals surface area contributed by atoms with E-state index in [0.717, 1.165) is 12.0 Å². The van der Waals surface area contributed by atoms with Crippen molar-refractivity contribution in [3.8, 4) is 11.5 Å². The van der Waals surface area contributed by atoms with Crippen LogP contribution in [0.15, 0.2) is 22.6 Å². The monoisotopic (exact) mass is 263 g/mol. The number of carbonyl (C=O) groups is 1. The maximum Gasteiger partial charge on any atom is 0.373 e. The minimum Gasteiger partial charge on any atom is -0.475 e. The lowest BCUT2D eigenvalue weighted by Crippen LogP contribution is -1.99. The molecular weight excluding hydrogens is 249 g/mol. The standard InChI is InChI=1S/C14H14FNO3/c1-3-4-11-12(14(17)18)19-13(16-11)9-5-8(2)6-10(15)7-9/h5-7H,3-4H2,1-2H3,(H,17,18). The molecular formula is C14H14FNO3. The highest BCUT2D eigenvalue weighted by molar-refractivity contribution is 5.86. The van der Waals surface area contributed by atoms with Crippen LogP contribution in [0.3, 0.4) is 0 Å². The average molecular weight is 263 g/mol. The number of nitrogens with zero attached hydrogens (tertiary/aromatic N) is 1. The number of aryl methyl sites for hydroxylation is 2. The van der Waals surface area contributed by atoms with E-state index >= 15 is 0 Å². The fourth-order valence-electron chi connectivity index (χ4n) is 1.91. The topological polar surface area (TPSA) is 63.3 Å². The Morgan fingerprint density at radius 1 is 1.42 bits per heavy atom. The summed E-state index contributed by atoms with van der Waals surface area (Å²) in [6, 6.07) is 4.37. The van der Waals surface area contributed by atoms with Crippen molar-refractivity contribution in [3.05, 3.63) is 41.0 Å². The molecule has 0 unspecified atom stereocenters. The van der Waals surface area contributed by atoms with Crippen LogP contribution in [0.2, 0.25) is 0 Å². The van der Waals surface area contributed by atoms with Crippen molar-refractivity contribution in [2.24, 2.45) is 0 Å². The highest BCUT2D eigenvalue weighted by Crippen LogP contribution is 2.24. The van der Waals surface area contributed by atoms with Crippen molar-refractivity contribution < 1.29 is 18.7 Å². The first-order chi connectivity index (χ1) is 9.01. The molecule has 0 aliphatic heterocycles. The number of benzene rings is 1. The number of halogens is 1. The van der Waals surface area contributed by atoms with Gasteiger partial charge < -0.3 is 9.52 Å². The Kier molecular flexibility index (Phi) is 3.64. The molecule has 1 aromatic carbocycles. The van der Waals surface area contributed by atoms with Crippen molar-refractivity contribution in [2.75, 3.05) is 0 Å². The van der Waals surface area contributed by atoms with Gasteiger partial charge in [-0.25, -0.2) is 14.2 Å². The van der Waals surface area contributed by atoms with Gasteiger partial charge in [0.2, 0.25) is 11.7 Å². The van der Waals surface area contributed by atoms with Gasteiger partial charge in [-0.15, -0.1) is 0 Å². The zero-order valence-electron chi connectivity index (χ0n) is 10.7. The lowest BCUT2D eigenvalue weighted by molar-refractivity contribution is 0.0661. The Bertz CT molecular complexity index is 599. The first-order valence-corrected chi connectivity index (χ1v) is 6.01. The maximum atomic E-state index is 13.3. The molecule has 0 aliphatic carbocycles. The number of oxazole rings is 1. The number of aromatic carboxylic acids is 1. The van der Waals surface area contributed by atoms with Gasteiger partial charge in [0.1, 0.15) is 5.82 Å². The van der Waals surface area contributed by atoms with Crippen molar-refractivity contribution in [2.45, 2.75) is 26.7 Å². The zero-order chi connectivity index (χ0) is 14.0. The third kappa shape index (κ3) is 2.81. The first kappa shape index (κ1) is 13.3. The number of rotatable bonds is 4. The van der Waals surface area contributed by atoms with Crippen LogP contribution < -0.4 is 0 Å². The molecule has 2 rings (SSSR count). The Labute approximate surface area is 109 Å². The van der Waals surface area contributed by atoms with Gasteiger partial charge in [-0.3, -0.25) is 0 Å². The van der Waals surface area contributed by atoms with E-state index in [1.807, 2.05) is 6.92 Å². The van der Waals surface area contributed by atoms with Gasteiger partial charge in [0.05, 0.1) is 5.69 Å². The fraction of sp³-hybridized carbons (Fsp3) is 0.286. The van der Waals surface area contributed by atoms with Crippen LogP contribution in [-0.4, -0.2) is 16.1 Å². The molecule has 2 aromatic rings. The number of hydrogen-bond acceptors (Lipinski definition) is 3. The summed E-state index contributed by atoms with van der Waals surface area (Å²) in [6.07, 6.45) is 1.27. The second kappa shape index (κ2) is 5.22. The molecule has 0 amide bonds. The van der Waals surface area contributed by atoms with Gasteiger partial charge in [0.15, 0.2) is 0 Å². The second-order valence-electron chi connectivity index (χ2n) is 4.37. The van der Waals surface area contributed by atoms with E-state index in [2.05, 4.69) is 4.98 Å². The molecule has 0 fully saturated rings. The zero-order valence-corrected chi connectivity index (χ0v) is 10.7. The summed E-state index contributed by atoms with van der Waals surface area (Å²) in [5.41, 5.74) is 1.57. The Morgan fingerprint density at radius 2 is 2.16 bits per heavy atom. The summed E-state index contributed by atoms with van der Waals surface area (Å²) in [5.74, 6) is -1.58. The van der Waals surface area contributed by atoms with E-state index < -0.39 is 11.8 Å². The van der Waals surface area contributed by atoms with Gasteiger partial charge in [0, 0.05) is 5.56 Å². The second-order valence-corrected chi connectivity index (χ2v) is 4.37. The number of carboxylic acid groups (broad SMARTS) is 1. The van der Waals surface area contributed by atoms with Crippen molar-refractivity contribution in [1.29, 1.82) is 0 Å². The molecule has 0 bridgehead atoms. The van der Waals surface area contributed by atoms with Crippen molar-refractivity contribution >= 4 is 5.97 Å². The van der Waals surface area contributed by atoms with E-state index in [-0.39, 0.29) is 11.7 Å². The lowest BCUT2D eigenvalue weighted by Gasteiger charge is -1.98. The predicted molar refractivity (Wildman–Crippen MR) is 67.6 cm³/mol. The van der Waals surface area contributed by atoms with E-state index in [0.29, 0.717) is 17.7 Å². The Hall–Kier alpha value is -2.17. The normalized spacial score (nSPS) is 10.7. The summed E-state index contributed by atoms with van der Waals surface area (Å²) >= 11 is 0. The summed E-state index contributed by atoms with van der Waals surface area (Å²) in [7, 11) is 0. The van der Waals surface area contributed by atoms with Crippen LogP contribution in [0.1, 0.15) is 35.2 Å². The SMILES string of the molecule is CCCc1nc(-c2cc(C)cc(F)c2)oc1C(=O)O. The van der Waals surface area contributed by atoms with Crippen LogP contribution in [-0.2, 0) is 6.42 Å². The van der Waals surface area contributed by atoms with E-state index in [1.165, 1.54) is 12.1 Å². The molecule has 1 heterocycles. The molecule has 5 heteroatoms. The van der Waals surface area contributed by atoms with Crippen molar-refractivity contribution in [3.63, 3.8) is 0 Å². The van der Waals surface area contributed by atoms with Crippen LogP contribution in [0, 0.1) is 12.7 Å². The van der Waals surface area contributed by atoms with Gasteiger partial charge in [-0.2, -0.15) is 0 Å². The number of aromatic nitrogens is 1. The third-order valence-electron chi connectivity index (χ3n) is 2.67. The largest absolute Gasteiger partial charge is 0.475 e. The molecule has 0 atom stereocenters. The lowest BCUT2D eigenvalue weighted by atomic mass is 10.1. The van der Waals surface area contributed by atoms with E-state index in [9.17, 15) is 9.18 Å². The molecule has 100 valence electrons. The molecule has 1 aromatic heterocycles. The number of hydrogen-bond donors (Lipinski definition) is 1. The molecule has 19 heavy (non-hydrogen) atoms. The summed E-state index contributed by atoms with van der Waals surface area (Å²) in [6.45, 7) is 3.67. The Balaban J connectivity index is 2.50. The highest BCUT2D eigenvalue weighted by atomic mass is 19.1. The molecule has 0 saturated heterocycles. The van der Waals surface area contributed by atoms with Gasteiger partial charge >= 0.3 is 5.97 Å². The molecule has 4 nitrogen and oxygen atoms in total. The highest BCUT2D eigenvalue weighted by Gasteiger charge is 2.20. The Morgan fingerprint density at radius 3 is 2.74 bits per heavy atom. The summed E-state index contributed by atoms with van der Waals surface area (Å²) in [5, 5.41) is 9.05. The van der Waals surface area contributed by atoms with Crippen LogP contribution in [0.4, 0.5) is 4.39 Å². The van der Waals surface area contributed by atoms with E-state index in [1.54, 1.807) is 13.0 Å². The van der Waals surface area contributed by atoms with Gasteiger partial charge in [-0.1, -0.05) is 13.3 Å². The quantitative estimate of drug-likeness (QED) is 0.917. The average Bonchev–Trinajstić information content (AvgIpc) is 2.72. The molecule has 0 aliphatic rings. The van der Waals surface area contributed by atoms with Crippen LogP contribution >= 0.6 is 0 Å². The molecule has 0 saturated carbocycles.